The molecule has 1 N–H and O–H groups in total. The van der Waals surface area contributed by atoms with Gasteiger partial charge in [-0.3, -0.25) is 9.59 Å². The molecular weight excluding hydrogens is 396 g/mol. The predicted molar refractivity (Wildman–Crippen MR) is 120 cm³/mol. The van der Waals surface area contributed by atoms with Crippen molar-refractivity contribution in [2.45, 2.75) is 46.3 Å². The number of hydrogen-bond acceptors (Lipinski definition) is 4. The molecule has 0 aliphatic carbocycles. The van der Waals surface area contributed by atoms with Gasteiger partial charge < -0.3 is 14.8 Å². The maximum absolute atomic E-state index is 13.0. The lowest BCUT2D eigenvalue weighted by molar-refractivity contribution is 0.0739. The van der Waals surface area contributed by atoms with Gasteiger partial charge in [0, 0.05) is 35.4 Å². The molecule has 2 heterocycles. The monoisotopic (exact) mass is 424 g/mol. The highest BCUT2D eigenvalue weighted by atomic mass is 32.1. The summed E-state index contributed by atoms with van der Waals surface area (Å²) in [6.45, 7) is 7.72. The van der Waals surface area contributed by atoms with E-state index in [1.165, 1.54) is 11.3 Å². The molecule has 0 bridgehead atoms. The van der Waals surface area contributed by atoms with Crippen LogP contribution in [-0.2, 0) is 13.1 Å². The second-order valence-corrected chi connectivity index (χ2v) is 8.42. The summed E-state index contributed by atoms with van der Waals surface area (Å²) in [6.07, 6.45) is 2.88. The van der Waals surface area contributed by atoms with Crippen LogP contribution in [0.5, 0.6) is 0 Å². The molecule has 0 radical (unpaired) electrons. The van der Waals surface area contributed by atoms with Gasteiger partial charge in [0.25, 0.3) is 11.8 Å². The van der Waals surface area contributed by atoms with Gasteiger partial charge in [0.1, 0.15) is 10.7 Å². The van der Waals surface area contributed by atoms with E-state index in [-0.39, 0.29) is 17.9 Å². The maximum Gasteiger partial charge on any atom is 0.270 e. The maximum atomic E-state index is 13.0. The summed E-state index contributed by atoms with van der Waals surface area (Å²) in [4.78, 5) is 31.5. The molecule has 0 spiro atoms. The summed E-state index contributed by atoms with van der Waals surface area (Å²) in [5, 5.41) is 5.51. The average molecular weight is 425 g/mol. The number of hydrogen-bond donors (Lipinski definition) is 1. The lowest BCUT2D eigenvalue weighted by Crippen LogP contribution is -2.32. The normalized spacial score (nSPS) is 10.9. The minimum Gasteiger partial charge on any atom is -0.349 e. The number of benzene rings is 1. The van der Waals surface area contributed by atoms with Crippen LogP contribution in [0.15, 0.2) is 54.0 Å². The van der Waals surface area contributed by atoms with Gasteiger partial charge in [-0.2, -0.15) is 0 Å². The molecule has 0 saturated heterocycles. The lowest BCUT2D eigenvalue weighted by Gasteiger charge is -2.23. The van der Waals surface area contributed by atoms with Crippen LogP contribution in [0.4, 0.5) is 0 Å². The van der Waals surface area contributed by atoms with Gasteiger partial charge in [0.05, 0.1) is 13.1 Å². The Morgan fingerprint density at radius 1 is 1.17 bits per heavy atom. The predicted octanol–water partition coefficient (Wildman–Crippen LogP) is 4.18. The molecule has 3 rings (SSSR count). The van der Waals surface area contributed by atoms with Crippen molar-refractivity contribution in [3.63, 3.8) is 0 Å². The minimum absolute atomic E-state index is 0.0343. The van der Waals surface area contributed by atoms with Gasteiger partial charge in [0.15, 0.2) is 0 Å². The zero-order chi connectivity index (χ0) is 21.5. The van der Waals surface area contributed by atoms with Gasteiger partial charge >= 0.3 is 0 Å². The Kier molecular flexibility index (Phi) is 7.41. The van der Waals surface area contributed by atoms with E-state index in [4.69, 9.17) is 0 Å². The van der Waals surface area contributed by atoms with E-state index in [9.17, 15) is 9.59 Å². The fraction of sp³-hybridized carbons (Fsp3) is 0.348. The first-order valence-electron chi connectivity index (χ1n) is 10.2. The van der Waals surface area contributed by atoms with Crippen LogP contribution < -0.4 is 5.32 Å². The van der Waals surface area contributed by atoms with Crippen molar-refractivity contribution in [3.8, 4) is 0 Å². The first-order valence-corrected chi connectivity index (χ1v) is 11.1. The smallest absolute Gasteiger partial charge is 0.270 e. The van der Waals surface area contributed by atoms with Crippen molar-refractivity contribution in [2.24, 2.45) is 0 Å². The number of nitrogens with zero attached hydrogens (tertiary/aromatic N) is 3. The molecule has 2 amide bonds. The second kappa shape index (κ2) is 10.2. The topological polar surface area (TPSA) is 67.2 Å². The zero-order valence-corrected chi connectivity index (χ0v) is 18.5. The van der Waals surface area contributed by atoms with Gasteiger partial charge in [-0.15, -0.1) is 11.3 Å². The third-order valence-corrected chi connectivity index (χ3v) is 5.42. The van der Waals surface area contributed by atoms with Crippen LogP contribution in [0.1, 0.15) is 58.7 Å². The number of amides is 2. The number of carbonyl (C=O) groups excluding carboxylic acids is 2. The van der Waals surface area contributed by atoms with E-state index < -0.39 is 0 Å². The SMILES string of the molecule is CCCN(Cc1cccn1Cc1nc(C(=O)NC(C)C)cs1)C(=O)c1ccccc1. The Balaban J connectivity index is 1.72. The second-order valence-electron chi connectivity index (χ2n) is 7.47. The minimum atomic E-state index is -0.150. The molecule has 0 aliphatic rings. The van der Waals surface area contributed by atoms with E-state index in [0.717, 1.165) is 17.1 Å². The molecule has 2 aromatic heterocycles. The molecule has 7 heteroatoms. The fourth-order valence-corrected chi connectivity index (χ4v) is 3.97. The number of carbonyl (C=O) groups is 2. The Hall–Kier alpha value is -2.93. The molecule has 0 aliphatic heterocycles. The lowest BCUT2D eigenvalue weighted by atomic mass is 10.2. The van der Waals surface area contributed by atoms with Crippen molar-refractivity contribution in [1.29, 1.82) is 0 Å². The molecule has 0 saturated carbocycles. The van der Waals surface area contributed by atoms with Crippen LogP contribution in [0.2, 0.25) is 0 Å². The van der Waals surface area contributed by atoms with Crippen LogP contribution in [-0.4, -0.2) is 38.9 Å². The van der Waals surface area contributed by atoms with Crippen LogP contribution in [0.3, 0.4) is 0 Å². The summed E-state index contributed by atoms with van der Waals surface area (Å²) in [5.74, 6) is -0.116. The fourth-order valence-electron chi connectivity index (χ4n) is 3.20. The summed E-state index contributed by atoms with van der Waals surface area (Å²) >= 11 is 1.47. The summed E-state index contributed by atoms with van der Waals surface area (Å²) < 4.78 is 2.09. The highest BCUT2D eigenvalue weighted by Gasteiger charge is 2.17. The van der Waals surface area contributed by atoms with E-state index >= 15 is 0 Å². The molecule has 158 valence electrons. The van der Waals surface area contributed by atoms with Crippen molar-refractivity contribution in [1.82, 2.24) is 19.8 Å². The van der Waals surface area contributed by atoms with Crippen molar-refractivity contribution in [3.05, 3.63) is 76.0 Å². The number of rotatable bonds is 9. The highest BCUT2D eigenvalue weighted by molar-refractivity contribution is 7.09. The molecule has 0 unspecified atom stereocenters. The van der Waals surface area contributed by atoms with E-state index in [0.29, 0.717) is 30.9 Å². The van der Waals surface area contributed by atoms with Crippen molar-refractivity contribution < 1.29 is 9.59 Å². The summed E-state index contributed by atoms with van der Waals surface area (Å²) in [5.41, 5.74) is 2.19. The average Bonchev–Trinajstić information content (AvgIpc) is 3.37. The molecule has 0 fully saturated rings. The quantitative estimate of drug-likeness (QED) is 0.560. The third kappa shape index (κ3) is 5.57. The van der Waals surface area contributed by atoms with Gasteiger partial charge in [-0.05, 0) is 44.5 Å². The summed E-state index contributed by atoms with van der Waals surface area (Å²) in [6, 6.07) is 13.5. The van der Waals surface area contributed by atoms with Gasteiger partial charge in [0.2, 0.25) is 0 Å². The van der Waals surface area contributed by atoms with E-state index in [2.05, 4.69) is 21.8 Å². The Bertz CT molecular complexity index is 978. The molecule has 30 heavy (non-hydrogen) atoms. The number of aromatic nitrogens is 2. The van der Waals surface area contributed by atoms with E-state index in [1.54, 1.807) is 5.38 Å². The number of thiazole rings is 1. The Morgan fingerprint density at radius 2 is 1.93 bits per heavy atom. The van der Waals surface area contributed by atoms with Crippen LogP contribution in [0.25, 0.3) is 0 Å². The molecule has 6 nitrogen and oxygen atoms in total. The first-order chi connectivity index (χ1) is 14.5. The first kappa shape index (κ1) is 21.8. The van der Waals surface area contributed by atoms with Crippen molar-refractivity contribution in [2.75, 3.05) is 6.54 Å². The Morgan fingerprint density at radius 3 is 2.63 bits per heavy atom. The standard InChI is InChI=1S/C23H28N4O2S/c1-4-12-27(23(29)18-9-6-5-7-10-18)14-19-11-8-13-26(19)15-21-25-20(16-30-21)22(28)24-17(2)3/h5-11,13,16-17H,4,12,14-15H2,1-3H3,(H,24,28). The Labute approximate surface area is 181 Å². The highest BCUT2D eigenvalue weighted by Crippen LogP contribution is 2.16. The van der Waals surface area contributed by atoms with Crippen LogP contribution in [0, 0.1) is 0 Å². The molecule has 3 aromatic rings. The van der Waals surface area contributed by atoms with Gasteiger partial charge in [-0.25, -0.2) is 4.98 Å². The number of nitrogens with one attached hydrogen (secondary N) is 1. The molecule has 1 aromatic carbocycles. The largest absolute Gasteiger partial charge is 0.349 e. The van der Waals surface area contributed by atoms with Crippen molar-refractivity contribution >= 4 is 23.2 Å². The third-order valence-electron chi connectivity index (χ3n) is 4.59. The zero-order valence-electron chi connectivity index (χ0n) is 17.7. The molecular formula is C23H28N4O2S. The molecule has 0 atom stereocenters. The summed E-state index contributed by atoms with van der Waals surface area (Å²) in [7, 11) is 0. The van der Waals surface area contributed by atoms with E-state index in [1.807, 2.05) is 67.4 Å². The van der Waals surface area contributed by atoms with Gasteiger partial charge in [-0.1, -0.05) is 25.1 Å². The van der Waals surface area contributed by atoms with Crippen LogP contribution >= 0.6 is 11.3 Å².